The highest BCUT2D eigenvalue weighted by Crippen LogP contribution is 2.14. The fourth-order valence-corrected chi connectivity index (χ4v) is 1.45. The lowest BCUT2D eigenvalue weighted by atomic mass is 10.1. The Morgan fingerprint density at radius 1 is 1.27 bits per heavy atom. The molecule has 15 heavy (non-hydrogen) atoms. The van der Waals surface area contributed by atoms with E-state index >= 15 is 0 Å². The maximum absolute atomic E-state index is 11.6. The van der Waals surface area contributed by atoms with Crippen molar-refractivity contribution in [1.82, 2.24) is 0 Å². The molecule has 0 aliphatic rings. The number of hydrogen-bond acceptors (Lipinski definition) is 2. The van der Waals surface area contributed by atoms with Crippen LogP contribution in [0.3, 0.4) is 0 Å². The number of carbonyl (C=O) groups excluding carboxylic acids is 1. The van der Waals surface area contributed by atoms with Gasteiger partial charge in [0.05, 0.1) is 0 Å². The van der Waals surface area contributed by atoms with Crippen LogP contribution in [0.25, 0.3) is 0 Å². The Labute approximate surface area is 95.8 Å². The molecule has 0 aromatic heterocycles. The zero-order valence-corrected chi connectivity index (χ0v) is 9.92. The SMILES string of the molecule is CN(C)c1ccc(C(=O)CCCCl)cc1. The first-order chi connectivity index (χ1) is 7.15. The number of Topliss-reactive ketones (excluding diaryl/α,β-unsaturated/α-hetero) is 1. The summed E-state index contributed by atoms with van der Waals surface area (Å²) in [7, 11) is 3.95. The van der Waals surface area contributed by atoms with Crippen LogP contribution in [-0.2, 0) is 0 Å². The minimum Gasteiger partial charge on any atom is -0.378 e. The summed E-state index contributed by atoms with van der Waals surface area (Å²) in [6.45, 7) is 0. The third-order valence-corrected chi connectivity index (χ3v) is 2.51. The van der Waals surface area contributed by atoms with Crippen LogP contribution in [0.15, 0.2) is 24.3 Å². The van der Waals surface area contributed by atoms with Crippen LogP contribution in [0.5, 0.6) is 0 Å². The average Bonchev–Trinajstić information content (AvgIpc) is 2.26. The summed E-state index contributed by atoms with van der Waals surface area (Å²) in [5.41, 5.74) is 1.87. The lowest BCUT2D eigenvalue weighted by molar-refractivity contribution is 0.0982. The minimum absolute atomic E-state index is 0.168. The number of rotatable bonds is 5. The van der Waals surface area contributed by atoms with E-state index in [1.54, 1.807) is 0 Å². The van der Waals surface area contributed by atoms with Crippen molar-refractivity contribution in [3.05, 3.63) is 29.8 Å². The zero-order valence-electron chi connectivity index (χ0n) is 9.16. The lowest BCUT2D eigenvalue weighted by Crippen LogP contribution is -2.08. The molecule has 0 saturated heterocycles. The van der Waals surface area contributed by atoms with Crippen LogP contribution in [-0.4, -0.2) is 25.8 Å². The monoisotopic (exact) mass is 225 g/mol. The molecule has 0 unspecified atom stereocenters. The van der Waals surface area contributed by atoms with E-state index in [-0.39, 0.29) is 5.78 Å². The Morgan fingerprint density at radius 2 is 1.87 bits per heavy atom. The number of alkyl halides is 1. The van der Waals surface area contributed by atoms with Gasteiger partial charge in [-0.1, -0.05) is 0 Å². The summed E-state index contributed by atoms with van der Waals surface area (Å²) in [6, 6.07) is 7.64. The molecule has 0 atom stereocenters. The van der Waals surface area contributed by atoms with Gasteiger partial charge in [0.15, 0.2) is 5.78 Å². The molecule has 3 heteroatoms. The van der Waals surface area contributed by atoms with Crippen LogP contribution in [0.2, 0.25) is 0 Å². The summed E-state index contributed by atoms with van der Waals surface area (Å²) >= 11 is 5.54. The van der Waals surface area contributed by atoms with Crippen LogP contribution in [0, 0.1) is 0 Å². The predicted octanol–water partition coefficient (Wildman–Crippen LogP) is 2.95. The molecule has 0 spiro atoms. The fraction of sp³-hybridized carbons (Fsp3) is 0.417. The normalized spacial score (nSPS) is 10.1. The van der Waals surface area contributed by atoms with Gasteiger partial charge in [-0.15, -0.1) is 11.6 Å². The highest BCUT2D eigenvalue weighted by molar-refractivity contribution is 6.18. The molecule has 0 bridgehead atoms. The van der Waals surface area contributed by atoms with Crippen LogP contribution in [0.1, 0.15) is 23.2 Å². The quantitative estimate of drug-likeness (QED) is 0.567. The van der Waals surface area contributed by atoms with E-state index in [1.807, 2.05) is 43.3 Å². The van der Waals surface area contributed by atoms with Crippen molar-refractivity contribution in [3.63, 3.8) is 0 Å². The molecular weight excluding hydrogens is 210 g/mol. The molecule has 0 heterocycles. The van der Waals surface area contributed by atoms with Crippen LogP contribution >= 0.6 is 11.6 Å². The van der Waals surface area contributed by atoms with Gasteiger partial charge in [0.25, 0.3) is 0 Å². The molecular formula is C12H16ClNO. The van der Waals surface area contributed by atoms with E-state index in [9.17, 15) is 4.79 Å². The fourth-order valence-electron chi connectivity index (χ4n) is 1.32. The summed E-state index contributed by atoms with van der Waals surface area (Å²) in [4.78, 5) is 13.6. The summed E-state index contributed by atoms with van der Waals surface area (Å²) in [5.74, 6) is 0.711. The van der Waals surface area contributed by atoms with E-state index in [4.69, 9.17) is 11.6 Å². The second-order valence-electron chi connectivity index (χ2n) is 3.66. The van der Waals surface area contributed by atoms with Crippen LogP contribution in [0.4, 0.5) is 5.69 Å². The molecule has 0 aliphatic carbocycles. The van der Waals surface area contributed by atoms with Crippen molar-refractivity contribution in [1.29, 1.82) is 0 Å². The van der Waals surface area contributed by atoms with Gasteiger partial charge in [-0.2, -0.15) is 0 Å². The number of halogens is 1. The second kappa shape index (κ2) is 5.76. The third-order valence-electron chi connectivity index (χ3n) is 2.24. The van der Waals surface area contributed by atoms with Crippen molar-refractivity contribution in [2.75, 3.05) is 24.9 Å². The molecule has 0 amide bonds. The Bertz CT molecular complexity index is 319. The van der Waals surface area contributed by atoms with E-state index < -0.39 is 0 Å². The van der Waals surface area contributed by atoms with Gasteiger partial charge < -0.3 is 4.90 Å². The Balaban J connectivity index is 2.67. The largest absolute Gasteiger partial charge is 0.378 e. The summed E-state index contributed by atoms with van der Waals surface area (Å²) in [6.07, 6.45) is 1.28. The number of anilines is 1. The third kappa shape index (κ3) is 3.56. The maximum atomic E-state index is 11.6. The predicted molar refractivity (Wildman–Crippen MR) is 65.1 cm³/mol. The van der Waals surface area contributed by atoms with Crippen molar-refractivity contribution in [2.45, 2.75) is 12.8 Å². The lowest BCUT2D eigenvalue weighted by Gasteiger charge is -2.12. The molecule has 82 valence electrons. The van der Waals surface area contributed by atoms with Crippen molar-refractivity contribution in [3.8, 4) is 0 Å². The smallest absolute Gasteiger partial charge is 0.162 e. The number of nitrogens with zero attached hydrogens (tertiary/aromatic N) is 1. The van der Waals surface area contributed by atoms with Gasteiger partial charge in [-0.3, -0.25) is 4.79 Å². The number of carbonyl (C=O) groups is 1. The van der Waals surface area contributed by atoms with E-state index in [2.05, 4.69) is 0 Å². The molecule has 2 nitrogen and oxygen atoms in total. The molecule has 0 fully saturated rings. The number of ketones is 1. The highest BCUT2D eigenvalue weighted by Gasteiger charge is 2.05. The van der Waals surface area contributed by atoms with Crippen molar-refractivity contribution >= 4 is 23.1 Å². The van der Waals surface area contributed by atoms with Crippen LogP contribution < -0.4 is 4.90 Å². The standard InChI is InChI=1S/C12H16ClNO/c1-14(2)11-7-5-10(6-8-11)12(15)4-3-9-13/h5-8H,3-4,9H2,1-2H3. The van der Waals surface area contributed by atoms with Gasteiger partial charge in [0, 0.05) is 37.6 Å². The van der Waals surface area contributed by atoms with Gasteiger partial charge in [0.2, 0.25) is 0 Å². The second-order valence-corrected chi connectivity index (χ2v) is 4.03. The first-order valence-electron chi connectivity index (χ1n) is 5.01. The van der Waals surface area contributed by atoms with Gasteiger partial charge in [-0.05, 0) is 30.7 Å². The summed E-state index contributed by atoms with van der Waals surface area (Å²) < 4.78 is 0. The maximum Gasteiger partial charge on any atom is 0.162 e. The van der Waals surface area contributed by atoms with E-state index in [1.165, 1.54) is 0 Å². The molecule has 1 aromatic rings. The van der Waals surface area contributed by atoms with Gasteiger partial charge >= 0.3 is 0 Å². The molecule has 0 N–H and O–H groups in total. The topological polar surface area (TPSA) is 20.3 Å². The molecule has 0 saturated carbocycles. The van der Waals surface area contributed by atoms with Gasteiger partial charge in [0.1, 0.15) is 0 Å². The number of hydrogen-bond donors (Lipinski definition) is 0. The highest BCUT2D eigenvalue weighted by atomic mass is 35.5. The Hall–Kier alpha value is -1.02. The molecule has 1 rings (SSSR count). The van der Waals surface area contributed by atoms with E-state index in [0.717, 1.165) is 17.7 Å². The molecule has 0 radical (unpaired) electrons. The number of benzene rings is 1. The summed E-state index contributed by atoms with van der Waals surface area (Å²) in [5, 5.41) is 0. The molecule has 1 aromatic carbocycles. The van der Waals surface area contributed by atoms with Crippen molar-refractivity contribution < 1.29 is 4.79 Å². The first-order valence-corrected chi connectivity index (χ1v) is 5.55. The minimum atomic E-state index is 0.168. The molecule has 0 aliphatic heterocycles. The van der Waals surface area contributed by atoms with Gasteiger partial charge in [-0.25, -0.2) is 0 Å². The Kier molecular flexibility index (Phi) is 4.63. The Morgan fingerprint density at radius 3 is 2.33 bits per heavy atom. The van der Waals surface area contributed by atoms with E-state index in [0.29, 0.717) is 12.3 Å². The van der Waals surface area contributed by atoms with Crippen molar-refractivity contribution in [2.24, 2.45) is 0 Å². The average molecular weight is 226 g/mol. The zero-order chi connectivity index (χ0) is 11.3. The first kappa shape index (κ1) is 12.1.